The van der Waals surface area contributed by atoms with Crippen LogP contribution in [0, 0.1) is 11.3 Å². The maximum absolute atomic E-state index is 12.6. The molecule has 122 valence electrons. The highest BCUT2D eigenvalue weighted by Crippen LogP contribution is 2.57. The summed E-state index contributed by atoms with van der Waals surface area (Å²) in [7, 11) is 0. The lowest BCUT2D eigenvalue weighted by atomic mass is 9.46. The van der Waals surface area contributed by atoms with Gasteiger partial charge in [0.1, 0.15) is 5.54 Å². The summed E-state index contributed by atoms with van der Waals surface area (Å²) in [6.45, 7) is 5.71. The molecule has 0 aromatic carbocycles. The number of ether oxygens (including phenoxy) is 1. The van der Waals surface area contributed by atoms with Crippen LogP contribution in [0.1, 0.15) is 33.1 Å². The Balaban J connectivity index is 1.83. The van der Waals surface area contributed by atoms with Crippen LogP contribution in [0.5, 0.6) is 0 Å². The molecule has 1 aliphatic carbocycles. The lowest BCUT2D eigenvalue weighted by Crippen LogP contribution is -2.82. The summed E-state index contributed by atoms with van der Waals surface area (Å²) in [5, 5.41) is 11.7. The Morgan fingerprint density at radius 2 is 2.24 bits per heavy atom. The van der Waals surface area contributed by atoms with Gasteiger partial charge in [-0.1, -0.05) is 13.8 Å². The van der Waals surface area contributed by atoms with Gasteiger partial charge in [0.15, 0.2) is 0 Å². The number of nitrogens with two attached hydrogens (primary N) is 1. The van der Waals surface area contributed by atoms with Crippen LogP contribution in [0.15, 0.2) is 0 Å². The average Bonchev–Trinajstić information content (AvgIpc) is 2.49. The highest BCUT2D eigenvalue weighted by atomic mass is 32.2. The van der Waals surface area contributed by atoms with E-state index in [4.69, 9.17) is 15.6 Å². The molecule has 3 unspecified atom stereocenters. The molecule has 6 heteroatoms. The Morgan fingerprint density at radius 3 is 2.95 bits per heavy atom. The largest absolute Gasteiger partial charge is 0.396 e. The molecule has 3 atom stereocenters. The number of aliphatic hydroxyl groups excluding tert-OH is 1. The van der Waals surface area contributed by atoms with Gasteiger partial charge in [-0.05, 0) is 25.0 Å². The van der Waals surface area contributed by atoms with E-state index < -0.39 is 5.54 Å². The van der Waals surface area contributed by atoms with Gasteiger partial charge in [0, 0.05) is 36.8 Å². The molecule has 21 heavy (non-hydrogen) atoms. The lowest BCUT2D eigenvalue weighted by Gasteiger charge is -2.65. The van der Waals surface area contributed by atoms with Gasteiger partial charge in [-0.25, -0.2) is 0 Å². The zero-order chi connectivity index (χ0) is 15.5. The lowest BCUT2D eigenvalue weighted by molar-refractivity contribution is -0.225. The van der Waals surface area contributed by atoms with Crippen molar-refractivity contribution >= 4 is 17.7 Å². The minimum atomic E-state index is -0.812. The van der Waals surface area contributed by atoms with E-state index >= 15 is 0 Å². The molecule has 2 aliphatic rings. The summed E-state index contributed by atoms with van der Waals surface area (Å²) in [4.78, 5) is 12.6. The van der Waals surface area contributed by atoms with E-state index in [-0.39, 0.29) is 30.0 Å². The van der Waals surface area contributed by atoms with E-state index in [1.54, 1.807) is 11.8 Å². The van der Waals surface area contributed by atoms with Crippen LogP contribution in [-0.4, -0.2) is 53.9 Å². The molecular weight excluding hydrogens is 288 g/mol. The minimum Gasteiger partial charge on any atom is -0.396 e. The number of thioether (sulfide) groups is 1. The first kappa shape index (κ1) is 17.1. The van der Waals surface area contributed by atoms with Crippen LogP contribution < -0.4 is 11.1 Å². The third kappa shape index (κ3) is 2.96. The molecule has 5 nitrogen and oxygen atoms in total. The summed E-state index contributed by atoms with van der Waals surface area (Å²) >= 11 is 1.74. The van der Waals surface area contributed by atoms with E-state index in [1.165, 1.54) is 0 Å². The van der Waals surface area contributed by atoms with Crippen molar-refractivity contribution in [3.05, 3.63) is 0 Å². The van der Waals surface area contributed by atoms with E-state index in [0.717, 1.165) is 37.4 Å². The van der Waals surface area contributed by atoms with Crippen molar-refractivity contribution in [2.45, 2.75) is 44.8 Å². The van der Waals surface area contributed by atoms with E-state index in [2.05, 4.69) is 5.32 Å². The van der Waals surface area contributed by atoms with Crippen molar-refractivity contribution in [2.24, 2.45) is 17.1 Å². The Morgan fingerprint density at radius 1 is 1.48 bits per heavy atom. The second-order valence-electron chi connectivity index (χ2n) is 6.58. The van der Waals surface area contributed by atoms with Gasteiger partial charge in [-0.15, -0.1) is 0 Å². The van der Waals surface area contributed by atoms with E-state index in [0.29, 0.717) is 6.54 Å². The van der Waals surface area contributed by atoms with E-state index in [9.17, 15) is 4.79 Å². The van der Waals surface area contributed by atoms with Gasteiger partial charge >= 0.3 is 0 Å². The fourth-order valence-electron chi connectivity index (χ4n) is 3.69. The molecule has 0 aromatic heterocycles. The Labute approximate surface area is 131 Å². The monoisotopic (exact) mass is 316 g/mol. The van der Waals surface area contributed by atoms with Gasteiger partial charge in [0.25, 0.3) is 0 Å². The van der Waals surface area contributed by atoms with Gasteiger partial charge < -0.3 is 20.9 Å². The predicted molar refractivity (Wildman–Crippen MR) is 85.2 cm³/mol. The Hall–Kier alpha value is -0.300. The summed E-state index contributed by atoms with van der Waals surface area (Å²) in [6, 6.07) is 0. The topological polar surface area (TPSA) is 84.6 Å². The number of rotatable bonds is 7. The van der Waals surface area contributed by atoms with Crippen molar-refractivity contribution < 1.29 is 14.6 Å². The first-order chi connectivity index (χ1) is 9.96. The molecule has 0 spiro atoms. The highest BCUT2D eigenvalue weighted by molar-refractivity contribution is 7.99. The van der Waals surface area contributed by atoms with Crippen molar-refractivity contribution in [3.63, 3.8) is 0 Å². The highest BCUT2D eigenvalue weighted by Gasteiger charge is 2.70. The smallest absolute Gasteiger partial charge is 0.241 e. The molecule has 2 rings (SSSR count). The van der Waals surface area contributed by atoms with Crippen molar-refractivity contribution in [1.29, 1.82) is 0 Å². The molecule has 2 fully saturated rings. The molecular formula is C15H28N2O3S. The molecule has 1 saturated heterocycles. The second kappa shape index (κ2) is 6.86. The van der Waals surface area contributed by atoms with Crippen LogP contribution in [0.4, 0.5) is 0 Å². The van der Waals surface area contributed by atoms with E-state index in [1.807, 2.05) is 13.8 Å². The van der Waals surface area contributed by atoms with Crippen LogP contribution in [0.25, 0.3) is 0 Å². The SMILES string of the molecule is CC1(C)C2OCCCC2C1(N)C(=O)NCCSCCCO. The van der Waals surface area contributed by atoms with Crippen molar-refractivity contribution in [3.8, 4) is 0 Å². The molecule has 1 amide bonds. The van der Waals surface area contributed by atoms with Crippen LogP contribution >= 0.6 is 11.8 Å². The quantitative estimate of drug-likeness (QED) is 0.604. The molecule has 0 radical (unpaired) electrons. The van der Waals surface area contributed by atoms with Gasteiger partial charge in [-0.2, -0.15) is 11.8 Å². The summed E-state index contributed by atoms with van der Waals surface area (Å²) < 4.78 is 5.82. The number of hydrogen-bond acceptors (Lipinski definition) is 5. The number of nitrogens with one attached hydrogen (secondary N) is 1. The maximum atomic E-state index is 12.6. The van der Waals surface area contributed by atoms with Crippen LogP contribution in [0.2, 0.25) is 0 Å². The summed E-state index contributed by atoms with van der Waals surface area (Å²) in [5.74, 6) is 1.88. The Kier molecular flexibility index (Phi) is 5.57. The molecule has 1 aliphatic heterocycles. The summed E-state index contributed by atoms with van der Waals surface area (Å²) in [5.41, 5.74) is 5.38. The number of fused-ring (bicyclic) bond motifs is 1. The minimum absolute atomic E-state index is 0.0398. The molecule has 1 heterocycles. The maximum Gasteiger partial charge on any atom is 0.241 e. The zero-order valence-corrected chi connectivity index (χ0v) is 13.9. The van der Waals surface area contributed by atoms with Crippen molar-refractivity contribution in [1.82, 2.24) is 5.32 Å². The number of amides is 1. The zero-order valence-electron chi connectivity index (χ0n) is 13.1. The fourth-order valence-corrected chi connectivity index (χ4v) is 4.47. The van der Waals surface area contributed by atoms with Crippen LogP contribution in [0.3, 0.4) is 0 Å². The third-order valence-corrected chi connectivity index (χ3v) is 6.11. The number of aliphatic hydroxyl groups is 1. The fraction of sp³-hybridized carbons (Fsp3) is 0.933. The van der Waals surface area contributed by atoms with Gasteiger partial charge in [0.05, 0.1) is 6.10 Å². The summed E-state index contributed by atoms with van der Waals surface area (Å²) in [6.07, 6.45) is 2.87. The molecule has 0 bridgehead atoms. The van der Waals surface area contributed by atoms with Crippen LogP contribution in [-0.2, 0) is 9.53 Å². The standard InChI is InChI=1S/C15H28N2O3S/c1-14(2)12-11(5-3-8-20-12)15(14,16)13(19)17-6-10-21-9-4-7-18/h11-12,18H,3-10,16H2,1-2H3,(H,17,19). The number of carbonyl (C=O) groups excluding carboxylic acids is 1. The predicted octanol–water partition coefficient (Wildman–Crippen LogP) is 0.751. The molecule has 0 aromatic rings. The molecule has 1 saturated carbocycles. The van der Waals surface area contributed by atoms with Gasteiger partial charge in [0.2, 0.25) is 5.91 Å². The first-order valence-corrected chi connectivity index (χ1v) is 8.99. The number of carbonyl (C=O) groups is 1. The average molecular weight is 316 g/mol. The normalized spacial score (nSPS) is 33.9. The van der Waals surface area contributed by atoms with Crippen molar-refractivity contribution in [2.75, 3.05) is 31.3 Å². The first-order valence-electron chi connectivity index (χ1n) is 7.83. The number of hydrogen-bond donors (Lipinski definition) is 3. The second-order valence-corrected chi connectivity index (χ2v) is 7.80. The van der Waals surface area contributed by atoms with Gasteiger partial charge in [-0.3, -0.25) is 4.79 Å². The molecule has 4 N–H and O–H groups in total. The Bertz CT molecular complexity index is 378. The third-order valence-electron chi connectivity index (χ3n) is 5.04.